The van der Waals surface area contributed by atoms with E-state index in [0.717, 1.165) is 0 Å². The van der Waals surface area contributed by atoms with Gasteiger partial charge in [-0.05, 0) is 13.0 Å². The first-order chi connectivity index (χ1) is 8.38. The molecule has 3 nitrogen and oxygen atoms in total. The standard InChI is InChI=1S/C11H11F4NO2/c1-2-18-11(17)9(15)10(16)6-3-5(12)4-7(13)8(6)14/h3-4,9-10H,2,16H2,1H3/t9?,10-/m1/s1. The molecule has 0 aliphatic rings. The molecule has 0 saturated carbocycles. The first-order valence-electron chi connectivity index (χ1n) is 5.09. The van der Waals surface area contributed by atoms with E-state index in [0.29, 0.717) is 12.1 Å². The van der Waals surface area contributed by atoms with Crippen molar-refractivity contribution in [3.63, 3.8) is 0 Å². The largest absolute Gasteiger partial charge is 0.464 e. The van der Waals surface area contributed by atoms with Crippen LogP contribution in [0.4, 0.5) is 17.6 Å². The number of esters is 1. The molecule has 1 rings (SSSR count). The highest BCUT2D eigenvalue weighted by Crippen LogP contribution is 2.24. The highest BCUT2D eigenvalue weighted by molar-refractivity contribution is 5.75. The number of halogens is 4. The van der Waals surface area contributed by atoms with E-state index in [4.69, 9.17) is 5.73 Å². The Balaban J connectivity index is 3.03. The summed E-state index contributed by atoms with van der Waals surface area (Å²) in [6.45, 7) is 1.35. The molecule has 2 N–H and O–H groups in total. The molecule has 0 amide bonds. The van der Waals surface area contributed by atoms with Crippen LogP contribution in [0.3, 0.4) is 0 Å². The molecule has 7 heteroatoms. The maximum Gasteiger partial charge on any atom is 0.342 e. The lowest BCUT2D eigenvalue weighted by atomic mass is 10.0. The molecule has 0 spiro atoms. The summed E-state index contributed by atoms with van der Waals surface area (Å²) in [6.07, 6.45) is -2.40. The minimum atomic E-state index is -2.40. The Labute approximate surface area is 101 Å². The Morgan fingerprint density at radius 1 is 1.39 bits per heavy atom. The Bertz CT molecular complexity index is 453. The minimum Gasteiger partial charge on any atom is -0.464 e. The van der Waals surface area contributed by atoms with Crippen molar-refractivity contribution in [3.8, 4) is 0 Å². The van der Waals surface area contributed by atoms with Gasteiger partial charge in [-0.15, -0.1) is 0 Å². The number of carbonyl (C=O) groups is 1. The molecule has 0 heterocycles. The van der Waals surface area contributed by atoms with E-state index in [1.807, 2.05) is 0 Å². The monoisotopic (exact) mass is 265 g/mol. The molecule has 18 heavy (non-hydrogen) atoms. The Hall–Kier alpha value is -1.63. The van der Waals surface area contributed by atoms with Crippen LogP contribution in [0.5, 0.6) is 0 Å². The first-order valence-corrected chi connectivity index (χ1v) is 5.09. The second kappa shape index (κ2) is 5.81. The van der Waals surface area contributed by atoms with Crippen molar-refractivity contribution in [2.24, 2.45) is 5.73 Å². The zero-order valence-electron chi connectivity index (χ0n) is 9.42. The van der Waals surface area contributed by atoms with Gasteiger partial charge < -0.3 is 10.5 Å². The van der Waals surface area contributed by atoms with Crippen molar-refractivity contribution in [2.75, 3.05) is 6.61 Å². The number of alkyl halides is 1. The van der Waals surface area contributed by atoms with Crippen molar-refractivity contribution in [1.82, 2.24) is 0 Å². The summed E-state index contributed by atoms with van der Waals surface area (Å²) in [4.78, 5) is 11.1. The predicted octanol–water partition coefficient (Wildman–Crippen LogP) is 2.00. The molecule has 0 bridgehead atoms. The van der Waals surface area contributed by atoms with E-state index in [9.17, 15) is 22.4 Å². The number of hydrogen-bond acceptors (Lipinski definition) is 3. The molecule has 0 fully saturated rings. The van der Waals surface area contributed by atoms with Crippen LogP contribution in [-0.4, -0.2) is 18.7 Å². The van der Waals surface area contributed by atoms with Crippen molar-refractivity contribution in [1.29, 1.82) is 0 Å². The summed E-state index contributed by atoms with van der Waals surface area (Å²) in [7, 11) is 0. The van der Waals surface area contributed by atoms with Gasteiger partial charge >= 0.3 is 5.97 Å². The molecule has 100 valence electrons. The van der Waals surface area contributed by atoms with Gasteiger partial charge in [0.15, 0.2) is 11.6 Å². The van der Waals surface area contributed by atoms with Gasteiger partial charge in [0.25, 0.3) is 0 Å². The lowest BCUT2D eigenvalue weighted by Crippen LogP contribution is -2.32. The number of ether oxygens (including phenoxy) is 1. The van der Waals surface area contributed by atoms with Crippen molar-refractivity contribution in [2.45, 2.75) is 19.1 Å². The van der Waals surface area contributed by atoms with Crippen molar-refractivity contribution >= 4 is 5.97 Å². The lowest BCUT2D eigenvalue weighted by molar-refractivity contribution is -0.150. The smallest absolute Gasteiger partial charge is 0.342 e. The van der Waals surface area contributed by atoms with Crippen LogP contribution in [0.2, 0.25) is 0 Å². The number of carbonyl (C=O) groups excluding carboxylic acids is 1. The molecular formula is C11H11F4NO2. The van der Waals surface area contributed by atoms with E-state index in [2.05, 4.69) is 4.74 Å². The van der Waals surface area contributed by atoms with Crippen LogP contribution in [0.15, 0.2) is 12.1 Å². The average Bonchev–Trinajstić information content (AvgIpc) is 2.32. The van der Waals surface area contributed by atoms with Gasteiger partial charge in [-0.3, -0.25) is 0 Å². The molecule has 0 radical (unpaired) electrons. The fourth-order valence-corrected chi connectivity index (χ4v) is 1.34. The van der Waals surface area contributed by atoms with Gasteiger partial charge in [0.2, 0.25) is 6.17 Å². The molecule has 1 unspecified atom stereocenters. The van der Waals surface area contributed by atoms with Gasteiger partial charge in [0.05, 0.1) is 12.6 Å². The Morgan fingerprint density at radius 2 is 2.00 bits per heavy atom. The van der Waals surface area contributed by atoms with Gasteiger partial charge in [-0.2, -0.15) is 0 Å². The summed E-state index contributed by atoms with van der Waals surface area (Å²) in [5, 5.41) is 0. The maximum absolute atomic E-state index is 13.5. The fraction of sp³-hybridized carbons (Fsp3) is 0.364. The highest BCUT2D eigenvalue weighted by Gasteiger charge is 2.31. The maximum atomic E-state index is 13.5. The number of hydrogen-bond donors (Lipinski definition) is 1. The van der Waals surface area contributed by atoms with E-state index in [-0.39, 0.29) is 6.61 Å². The molecule has 2 atom stereocenters. The molecule has 1 aromatic rings. The van der Waals surface area contributed by atoms with Crippen LogP contribution in [0.25, 0.3) is 0 Å². The predicted molar refractivity (Wildman–Crippen MR) is 54.8 cm³/mol. The van der Waals surface area contributed by atoms with Crippen molar-refractivity contribution < 1.29 is 27.1 Å². The topological polar surface area (TPSA) is 52.3 Å². The molecule has 0 aromatic heterocycles. The highest BCUT2D eigenvalue weighted by atomic mass is 19.2. The number of rotatable bonds is 4. The molecular weight excluding hydrogens is 254 g/mol. The van der Waals surface area contributed by atoms with Crippen LogP contribution in [0.1, 0.15) is 18.5 Å². The Morgan fingerprint density at radius 3 is 2.56 bits per heavy atom. The summed E-state index contributed by atoms with van der Waals surface area (Å²) in [6, 6.07) is -1.01. The quantitative estimate of drug-likeness (QED) is 0.514. The number of benzene rings is 1. The second-order valence-corrected chi connectivity index (χ2v) is 3.47. The zero-order valence-corrected chi connectivity index (χ0v) is 9.42. The molecule has 1 aromatic carbocycles. The van der Waals surface area contributed by atoms with Crippen molar-refractivity contribution in [3.05, 3.63) is 35.1 Å². The summed E-state index contributed by atoms with van der Waals surface area (Å²) < 4.78 is 56.9. The van der Waals surface area contributed by atoms with Crippen LogP contribution in [-0.2, 0) is 9.53 Å². The summed E-state index contributed by atoms with van der Waals surface area (Å²) in [5.74, 6) is -5.42. The fourth-order valence-electron chi connectivity index (χ4n) is 1.34. The lowest BCUT2D eigenvalue weighted by Gasteiger charge is -2.16. The number of nitrogens with two attached hydrogens (primary N) is 1. The summed E-state index contributed by atoms with van der Waals surface area (Å²) >= 11 is 0. The van der Waals surface area contributed by atoms with Gasteiger partial charge in [0, 0.05) is 11.6 Å². The molecule has 0 saturated heterocycles. The molecule has 0 aliphatic heterocycles. The third-order valence-corrected chi connectivity index (χ3v) is 2.21. The molecule has 0 aliphatic carbocycles. The van der Waals surface area contributed by atoms with Crippen LogP contribution >= 0.6 is 0 Å². The normalized spacial score (nSPS) is 14.1. The van der Waals surface area contributed by atoms with Gasteiger partial charge in [-0.25, -0.2) is 22.4 Å². The van der Waals surface area contributed by atoms with E-state index < -0.39 is 41.2 Å². The Kier molecular flexibility index (Phi) is 4.66. The van der Waals surface area contributed by atoms with E-state index in [1.165, 1.54) is 6.92 Å². The van der Waals surface area contributed by atoms with Crippen LogP contribution in [0, 0.1) is 17.5 Å². The third-order valence-electron chi connectivity index (χ3n) is 2.21. The minimum absolute atomic E-state index is 0.0913. The first kappa shape index (κ1) is 14.4. The third kappa shape index (κ3) is 2.98. The van der Waals surface area contributed by atoms with Gasteiger partial charge in [0.1, 0.15) is 5.82 Å². The van der Waals surface area contributed by atoms with Gasteiger partial charge in [-0.1, -0.05) is 0 Å². The summed E-state index contributed by atoms with van der Waals surface area (Å²) in [5.41, 5.74) is 4.50. The van der Waals surface area contributed by atoms with Crippen LogP contribution < -0.4 is 5.73 Å². The van der Waals surface area contributed by atoms with E-state index in [1.54, 1.807) is 0 Å². The SMILES string of the molecule is CCOC(=O)C(F)[C@H](N)c1cc(F)cc(F)c1F. The second-order valence-electron chi connectivity index (χ2n) is 3.47. The zero-order chi connectivity index (χ0) is 13.9. The van der Waals surface area contributed by atoms with E-state index >= 15 is 0 Å². The average molecular weight is 265 g/mol.